The van der Waals surface area contributed by atoms with E-state index in [9.17, 15) is 13.2 Å². The summed E-state index contributed by atoms with van der Waals surface area (Å²) in [6.07, 6.45) is 1.51. The molecule has 0 aliphatic heterocycles. The molecule has 0 bridgehead atoms. The minimum atomic E-state index is -4.00. The number of halogens is 2. The third-order valence-electron chi connectivity index (χ3n) is 6.01. The van der Waals surface area contributed by atoms with Gasteiger partial charge in [0.2, 0.25) is 0 Å². The molecule has 4 aromatic rings. The number of amides is 1. The summed E-state index contributed by atoms with van der Waals surface area (Å²) in [4.78, 5) is 13.0. The highest BCUT2D eigenvalue weighted by Gasteiger charge is 2.28. The van der Waals surface area contributed by atoms with E-state index in [0.29, 0.717) is 15.7 Å². The second-order valence-electron chi connectivity index (χ2n) is 8.66. The van der Waals surface area contributed by atoms with Crippen molar-refractivity contribution in [3.63, 3.8) is 0 Å². The summed E-state index contributed by atoms with van der Waals surface area (Å²) in [5.74, 6) is -0.587. The Morgan fingerprint density at radius 3 is 2.37 bits per heavy atom. The van der Waals surface area contributed by atoms with Gasteiger partial charge in [-0.1, -0.05) is 59.6 Å². The van der Waals surface area contributed by atoms with Crippen LogP contribution < -0.4 is 9.73 Å². The molecule has 0 aliphatic rings. The summed E-state index contributed by atoms with van der Waals surface area (Å²) in [6, 6.07) is 22.1. The van der Waals surface area contributed by atoms with Crippen molar-refractivity contribution in [3.05, 3.63) is 111 Å². The second-order valence-corrected chi connectivity index (χ2v) is 11.4. The smallest absolute Gasteiger partial charge is 0.264 e. The van der Waals surface area contributed by atoms with Crippen LogP contribution in [0.4, 0.5) is 5.69 Å². The number of hydrazone groups is 1. The lowest BCUT2D eigenvalue weighted by Gasteiger charge is -2.25. The molecule has 0 fully saturated rings. The largest absolute Gasteiger partial charge is 0.316 e. The van der Waals surface area contributed by atoms with Crippen LogP contribution >= 0.6 is 23.2 Å². The number of carbonyl (C=O) groups excluding carboxylic acids is 1. The summed E-state index contributed by atoms with van der Waals surface area (Å²) in [5, 5.41) is 5.20. The summed E-state index contributed by atoms with van der Waals surface area (Å²) in [7, 11) is -4.00. The SMILES string of the molecule is Cc1ccccc1N(CC(=O)N/N=C\c1cc(C)n(-c2cc(Cl)ccc2Cl)c1C)S(=O)(=O)c1ccccc1. The molecule has 1 amide bonds. The minimum Gasteiger partial charge on any atom is -0.316 e. The molecule has 0 saturated heterocycles. The van der Waals surface area contributed by atoms with E-state index >= 15 is 0 Å². The Hall–Kier alpha value is -3.59. The first-order valence-corrected chi connectivity index (χ1v) is 13.9. The van der Waals surface area contributed by atoms with Gasteiger partial charge in [0.15, 0.2) is 0 Å². The maximum atomic E-state index is 13.5. The Balaban J connectivity index is 1.57. The number of nitrogens with one attached hydrogen (secondary N) is 1. The van der Waals surface area contributed by atoms with Gasteiger partial charge in [0.1, 0.15) is 6.54 Å². The molecule has 1 heterocycles. The van der Waals surface area contributed by atoms with Crippen LogP contribution in [0.1, 0.15) is 22.5 Å². The molecule has 10 heteroatoms. The van der Waals surface area contributed by atoms with Crippen molar-refractivity contribution in [2.45, 2.75) is 25.7 Å². The molecule has 0 atom stereocenters. The van der Waals surface area contributed by atoms with Gasteiger partial charge in [0.05, 0.1) is 27.5 Å². The standard InChI is InChI=1S/C28H26Cl2N4O3S/c1-19-9-7-8-12-26(19)33(38(36,37)24-10-5-4-6-11-24)18-28(35)32-31-17-22-15-20(2)34(21(22)3)27-16-23(29)13-14-25(27)30/h4-17H,18H2,1-3H3,(H,32,35)/b31-17-. The summed E-state index contributed by atoms with van der Waals surface area (Å²) in [6.45, 7) is 5.17. The number of benzene rings is 3. The van der Waals surface area contributed by atoms with Gasteiger partial charge in [-0.2, -0.15) is 5.10 Å². The third-order valence-corrected chi connectivity index (χ3v) is 8.34. The van der Waals surface area contributed by atoms with E-state index in [0.717, 1.165) is 32.5 Å². The van der Waals surface area contributed by atoms with Crippen molar-refractivity contribution in [2.24, 2.45) is 5.10 Å². The van der Waals surface area contributed by atoms with Crippen molar-refractivity contribution in [1.29, 1.82) is 0 Å². The Labute approximate surface area is 232 Å². The number of para-hydroxylation sites is 1. The quantitative estimate of drug-likeness (QED) is 0.207. The molecule has 0 aliphatic carbocycles. The normalized spacial score (nSPS) is 11.6. The van der Waals surface area contributed by atoms with Crippen LogP contribution in [0.3, 0.4) is 0 Å². The van der Waals surface area contributed by atoms with E-state index < -0.39 is 22.5 Å². The van der Waals surface area contributed by atoms with Gasteiger partial charge in [0.25, 0.3) is 15.9 Å². The van der Waals surface area contributed by atoms with Crippen LogP contribution in [-0.2, 0) is 14.8 Å². The number of hydrogen-bond acceptors (Lipinski definition) is 4. The van der Waals surface area contributed by atoms with Crippen molar-refractivity contribution >= 4 is 51.0 Å². The number of sulfonamides is 1. The Morgan fingerprint density at radius 1 is 0.974 bits per heavy atom. The first kappa shape index (κ1) is 27.4. The first-order valence-electron chi connectivity index (χ1n) is 11.7. The fourth-order valence-electron chi connectivity index (χ4n) is 4.15. The van der Waals surface area contributed by atoms with E-state index in [1.165, 1.54) is 18.3 Å². The summed E-state index contributed by atoms with van der Waals surface area (Å²) >= 11 is 12.6. The second kappa shape index (κ2) is 11.4. The lowest BCUT2D eigenvalue weighted by Crippen LogP contribution is -2.40. The first-order chi connectivity index (χ1) is 18.1. The topological polar surface area (TPSA) is 83.8 Å². The molecule has 3 aromatic carbocycles. The van der Waals surface area contributed by atoms with Crippen LogP contribution in [0.15, 0.2) is 88.9 Å². The fraction of sp³-hybridized carbons (Fsp3) is 0.143. The predicted octanol–water partition coefficient (Wildman–Crippen LogP) is 6.05. The Bertz CT molecular complexity index is 1620. The average molecular weight is 570 g/mol. The van der Waals surface area contributed by atoms with Crippen molar-refractivity contribution < 1.29 is 13.2 Å². The summed E-state index contributed by atoms with van der Waals surface area (Å²) in [5.41, 5.74) is 6.83. The molecule has 1 aromatic heterocycles. The molecule has 1 N–H and O–H groups in total. The molecule has 0 radical (unpaired) electrons. The lowest BCUT2D eigenvalue weighted by atomic mass is 10.2. The van der Waals surface area contributed by atoms with Gasteiger partial charge in [-0.15, -0.1) is 0 Å². The van der Waals surface area contributed by atoms with Gasteiger partial charge in [-0.3, -0.25) is 9.10 Å². The zero-order valence-electron chi connectivity index (χ0n) is 21.0. The zero-order chi connectivity index (χ0) is 27.4. The number of carbonyl (C=O) groups is 1. The summed E-state index contributed by atoms with van der Waals surface area (Å²) < 4.78 is 30.0. The lowest BCUT2D eigenvalue weighted by molar-refractivity contribution is -0.119. The van der Waals surface area contributed by atoms with Crippen LogP contribution in [-0.4, -0.2) is 31.7 Å². The van der Waals surface area contributed by atoms with Gasteiger partial charge in [-0.25, -0.2) is 13.8 Å². The number of rotatable bonds is 8. The highest BCUT2D eigenvalue weighted by molar-refractivity contribution is 7.92. The highest BCUT2D eigenvalue weighted by atomic mass is 35.5. The molecule has 38 heavy (non-hydrogen) atoms. The van der Waals surface area contributed by atoms with Gasteiger partial charge in [0, 0.05) is 22.0 Å². The van der Waals surface area contributed by atoms with E-state index in [4.69, 9.17) is 23.2 Å². The van der Waals surface area contributed by atoms with E-state index in [1.54, 1.807) is 61.5 Å². The predicted molar refractivity (Wildman–Crippen MR) is 153 cm³/mol. The van der Waals surface area contributed by atoms with Crippen LogP contribution in [0.2, 0.25) is 10.0 Å². The van der Waals surface area contributed by atoms with Gasteiger partial charge in [-0.05, 0) is 68.8 Å². The van der Waals surface area contributed by atoms with Gasteiger partial charge >= 0.3 is 0 Å². The van der Waals surface area contributed by atoms with Crippen molar-refractivity contribution in [1.82, 2.24) is 9.99 Å². The number of nitrogens with zero attached hydrogens (tertiary/aromatic N) is 3. The third kappa shape index (κ3) is 5.78. The number of hydrogen-bond donors (Lipinski definition) is 1. The van der Waals surface area contributed by atoms with Crippen molar-refractivity contribution in [3.8, 4) is 5.69 Å². The maximum absolute atomic E-state index is 13.5. The van der Waals surface area contributed by atoms with Crippen molar-refractivity contribution in [2.75, 3.05) is 10.8 Å². The maximum Gasteiger partial charge on any atom is 0.264 e. The molecular weight excluding hydrogens is 543 g/mol. The average Bonchev–Trinajstić information content (AvgIpc) is 3.17. The molecule has 0 unspecified atom stereocenters. The van der Waals surface area contributed by atoms with Crippen LogP contribution in [0.25, 0.3) is 5.69 Å². The van der Waals surface area contributed by atoms with E-state index in [1.807, 2.05) is 30.5 Å². The molecule has 0 spiro atoms. The fourth-order valence-corrected chi connectivity index (χ4v) is 6.02. The van der Waals surface area contributed by atoms with E-state index in [2.05, 4.69) is 10.5 Å². The Kier molecular flexibility index (Phi) is 8.26. The van der Waals surface area contributed by atoms with Crippen LogP contribution in [0.5, 0.6) is 0 Å². The molecular formula is C28H26Cl2N4O3S. The minimum absolute atomic E-state index is 0.0895. The number of aryl methyl sites for hydroxylation is 2. The zero-order valence-corrected chi connectivity index (χ0v) is 23.3. The molecule has 196 valence electrons. The Morgan fingerprint density at radius 2 is 1.66 bits per heavy atom. The van der Waals surface area contributed by atoms with Crippen LogP contribution in [0, 0.1) is 20.8 Å². The van der Waals surface area contributed by atoms with Gasteiger partial charge < -0.3 is 4.57 Å². The number of anilines is 1. The monoisotopic (exact) mass is 568 g/mol. The molecule has 4 rings (SSSR count). The molecule has 7 nitrogen and oxygen atoms in total. The highest BCUT2D eigenvalue weighted by Crippen LogP contribution is 2.29. The molecule has 0 saturated carbocycles. The van der Waals surface area contributed by atoms with E-state index in [-0.39, 0.29) is 4.90 Å². The number of aromatic nitrogens is 1.